The van der Waals surface area contributed by atoms with Crippen LogP contribution in [0.3, 0.4) is 0 Å². The maximum atomic E-state index is 12.2. The molecule has 148 valence electrons. The van der Waals surface area contributed by atoms with Crippen LogP contribution in [0.5, 0.6) is 0 Å². The van der Waals surface area contributed by atoms with Gasteiger partial charge in [0, 0.05) is 63.7 Å². The fourth-order valence-corrected chi connectivity index (χ4v) is 3.45. The summed E-state index contributed by atoms with van der Waals surface area (Å²) in [6.45, 7) is 9.44. The van der Waals surface area contributed by atoms with Gasteiger partial charge in [0.15, 0.2) is 0 Å². The number of rotatable bonds is 6. The van der Waals surface area contributed by atoms with Crippen LogP contribution >= 0.6 is 0 Å². The Hall–Kier alpha value is -2.32. The third kappa shape index (κ3) is 5.58. The Morgan fingerprint density at radius 3 is 2.70 bits per heavy atom. The van der Waals surface area contributed by atoms with Crippen molar-refractivity contribution in [2.24, 2.45) is 5.92 Å². The Balaban J connectivity index is 1.43. The fraction of sp³-hybridized carbons (Fsp3) is 0.579. The summed E-state index contributed by atoms with van der Waals surface area (Å²) in [7, 11) is 2.15. The molecule has 4 amide bonds. The normalized spacial score (nSPS) is 19.6. The lowest BCUT2D eigenvalue weighted by Gasteiger charge is -2.33. The highest BCUT2D eigenvalue weighted by Gasteiger charge is 2.21. The molecule has 2 aliphatic rings. The Bertz CT molecular complexity index is 659. The molecule has 2 heterocycles. The number of carbonyl (C=O) groups is 2. The molecule has 2 fully saturated rings. The Morgan fingerprint density at radius 1 is 1.22 bits per heavy atom. The summed E-state index contributed by atoms with van der Waals surface area (Å²) in [5, 5.41) is 8.58. The molecule has 2 saturated heterocycles. The molecule has 0 radical (unpaired) electrons. The maximum absolute atomic E-state index is 12.2. The van der Waals surface area contributed by atoms with Gasteiger partial charge in [0.05, 0.1) is 0 Å². The Kier molecular flexibility index (Phi) is 6.52. The lowest BCUT2D eigenvalue weighted by Crippen LogP contribution is -2.47. The number of urea groups is 2. The SMILES string of the molecule is CC(CNC(=O)Nc1cccc(N2CCNC2=O)c1)CN1CCN(C)CC1. The van der Waals surface area contributed by atoms with Crippen LogP contribution in [0.2, 0.25) is 0 Å². The molecule has 8 nitrogen and oxygen atoms in total. The van der Waals surface area contributed by atoms with Gasteiger partial charge in [-0.15, -0.1) is 0 Å². The van der Waals surface area contributed by atoms with Crippen LogP contribution in [-0.2, 0) is 0 Å². The number of likely N-dealkylation sites (N-methyl/N-ethyl adjacent to an activating group) is 1. The fourth-order valence-electron chi connectivity index (χ4n) is 3.45. The standard InChI is InChI=1S/C19H30N6O2/c1-15(14-24-10-8-23(2)9-11-24)13-21-18(26)22-16-4-3-5-17(12-16)25-7-6-20-19(25)27/h3-5,12,15H,6-11,13-14H2,1-2H3,(H,20,27)(H2,21,22,26). The van der Waals surface area contributed by atoms with E-state index in [2.05, 4.69) is 39.7 Å². The molecule has 3 N–H and O–H groups in total. The summed E-state index contributed by atoms with van der Waals surface area (Å²) < 4.78 is 0. The van der Waals surface area contributed by atoms with Gasteiger partial charge in [0.2, 0.25) is 0 Å². The largest absolute Gasteiger partial charge is 0.338 e. The minimum Gasteiger partial charge on any atom is -0.338 e. The van der Waals surface area contributed by atoms with Crippen LogP contribution in [0.15, 0.2) is 24.3 Å². The number of benzene rings is 1. The van der Waals surface area contributed by atoms with Gasteiger partial charge in [-0.25, -0.2) is 9.59 Å². The Morgan fingerprint density at radius 2 is 2.00 bits per heavy atom. The second kappa shape index (κ2) is 9.05. The monoisotopic (exact) mass is 374 g/mol. The highest BCUT2D eigenvalue weighted by atomic mass is 16.2. The number of piperazine rings is 1. The maximum Gasteiger partial charge on any atom is 0.321 e. The van der Waals surface area contributed by atoms with Crippen LogP contribution in [0.25, 0.3) is 0 Å². The molecule has 0 spiro atoms. The second-order valence-electron chi connectivity index (χ2n) is 7.48. The molecule has 0 aliphatic carbocycles. The van der Waals surface area contributed by atoms with E-state index in [1.54, 1.807) is 4.90 Å². The van der Waals surface area contributed by atoms with Crippen molar-refractivity contribution in [3.63, 3.8) is 0 Å². The molecule has 0 aromatic heterocycles. The van der Waals surface area contributed by atoms with Crippen molar-refractivity contribution in [3.8, 4) is 0 Å². The van der Waals surface area contributed by atoms with Crippen molar-refractivity contribution in [1.82, 2.24) is 20.4 Å². The highest BCUT2D eigenvalue weighted by Crippen LogP contribution is 2.20. The topological polar surface area (TPSA) is 79.9 Å². The van der Waals surface area contributed by atoms with Gasteiger partial charge in [0.25, 0.3) is 0 Å². The van der Waals surface area contributed by atoms with E-state index in [9.17, 15) is 9.59 Å². The smallest absolute Gasteiger partial charge is 0.321 e. The van der Waals surface area contributed by atoms with Crippen molar-refractivity contribution >= 4 is 23.4 Å². The first-order chi connectivity index (χ1) is 13.0. The molecule has 27 heavy (non-hydrogen) atoms. The van der Waals surface area contributed by atoms with Crippen molar-refractivity contribution in [2.75, 3.05) is 69.6 Å². The molecule has 8 heteroatoms. The van der Waals surface area contributed by atoms with Crippen LogP contribution in [0, 0.1) is 5.92 Å². The molecule has 0 bridgehead atoms. The predicted molar refractivity (Wildman–Crippen MR) is 107 cm³/mol. The molecule has 1 aromatic rings. The number of amides is 4. The lowest BCUT2D eigenvalue weighted by atomic mass is 10.1. The van der Waals surface area contributed by atoms with Gasteiger partial charge in [-0.1, -0.05) is 13.0 Å². The molecular weight excluding hydrogens is 344 g/mol. The Labute approximate surface area is 160 Å². The zero-order chi connectivity index (χ0) is 19.2. The van der Waals surface area contributed by atoms with Gasteiger partial charge in [-0.3, -0.25) is 4.90 Å². The average Bonchev–Trinajstić information content (AvgIpc) is 3.08. The summed E-state index contributed by atoms with van der Waals surface area (Å²) in [6.07, 6.45) is 0. The van der Waals surface area contributed by atoms with Gasteiger partial charge < -0.3 is 25.8 Å². The number of hydrogen-bond acceptors (Lipinski definition) is 4. The molecule has 1 atom stereocenters. The van der Waals surface area contributed by atoms with E-state index in [1.807, 2.05) is 24.3 Å². The van der Waals surface area contributed by atoms with Crippen molar-refractivity contribution in [1.29, 1.82) is 0 Å². The highest BCUT2D eigenvalue weighted by molar-refractivity contribution is 5.95. The van der Waals surface area contributed by atoms with Crippen molar-refractivity contribution in [3.05, 3.63) is 24.3 Å². The van der Waals surface area contributed by atoms with Crippen LogP contribution in [-0.4, -0.2) is 81.3 Å². The summed E-state index contributed by atoms with van der Waals surface area (Å²) >= 11 is 0. The number of hydrogen-bond donors (Lipinski definition) is 3. The lowest BCUT2D eigenvalue weighted by molar-refractivity contribution is 0.138. The van der Waals surface area contributed by atoms with E-state index in [0.29, 0.717) is 31.2 Å². The van der Waals surface area contributed by atoms with Crippen LogP contribution < -0.4 is 20.9 Å². The van der Waals surface area contributed by atoms with Gasteiger partial charge in [-0.05, 0) is 31.2 Å². The summed E-state index contributed by atoms with van der Waals surface area (Å²) in [5.41, 5.74) is 1.46. The predicted octanol–water partition coefficient (Wildman–Crippen LogP) is 1.22. The average molecular weight is 374 g/mol. The zero-order valence-corrected chi connectivity index (χ0v) is 16.2. The molecule has 1 unspecified atom stereocenters. The minimum absolute atomic E-state index is 0.102. The molecule has 1 aromatic carbocycles. The first-order valence-electron chi connectivity index (χ1n) is 9.62. The third-order valence-electron chi connectivity index (χ3n) is 5.05. The van der Waals surface area contributed by atoms with Crippen LogP contribution in [0.1, 0.15) is 6.92 Å². The van der Waals surface area contributed by atoms with E-state index in [-0.39, 0.29) is 12.1 Å². The van der Waals surface area contributed by atoms with E-state index >= 15 is 0 Å². The van der Waals surface area contributed by atoms with Crippen molar-refractivity contribution < 1.29 is 9.59 Å². The van der Waals surface area contributed by atoms with E-state index in [1.165, 1.54) is 0 Å². The summed E-state index contributed by atoms with van der Waals surface area (Å²) in [5.74, 6) is 0.388. The second-order valence-corrected chi connectivity index (χ2v) is 7.48. The van der Waals surface area contributed by atoms with E-state index in [4.69, 9.17) is 0 Å². The zero-order valence-electron chi connectivity index (χ0n) is 16.2. The van der Waals surface area contributed by atoms with Crippen LogP contribution in [0.4, 0.5) is 21.0 Å². The van der Waals surface area contributed by atoms with Gasteiger partial charge >= 0.3 is 12.1 Å². The summed E-state index contributed by atoms with van der Waals surface area (Å²) in [6, 6.07) is 7.03. The molecule has 2 aliphatic heterocycles. The first-order valence-corrected chi connectivity index (χ1v) is 9.62. The number of nitrogens with zero attached hydrogens (tertiary/aromatic N) is 3. The number of nitrogens with one attached hydrogen (secondary N) is 3. The third-order valence-corrected chi connectivity index (χ3v) is 5.05. The van der Waals surface area contributed by atoms with Gasteiger partial charge in [-0.2, -0.15) is 0 Å². The van der Waals surface area contributed by atoms with E-state index in [0.717, 1.165) is 38.4 Å². The first kappa shape index (κ1) is 19.4. The quantitative estimate of drug-likeness (QED) is 0.700. The van der Waals surface area contributed by atoms with Crippen molar-refractivity contribution in [2.45, 2.75) is 6.92 Å². The number of carbonyl (C=O) groups excluding carboxylic acids is 2. The van der Waals surface area contributed by atoms with E-state index < -0.39 is 0 Å². The summed E-state index contributed by atoms with van der Waals surface area (Å²) in [4.78, 5) is 30.5. The molecular formula is C19H30N6O2. The minimum atomic E-state index is -0.219. The molecule has 3 rings (SSSR count). The number of anilines is 2. The molecule has 0 saturated carbocycles. The van der Waals surface area contributed by atoms with Gasteiger partial charge in [0.1, 0.15) is 0 Å².